The number of ether oxygens (including phenoxy) is 2. The second kappa shape index (κ2) is 8.12. The summed E-state index contributed by atoms with van der Waals surface area (Å²) in [5.74, 6) is 1.17. The van der Waals surface area contributed by atoms with Gasteiger partial charge in [0.25, 0.3) is 5.56 Å². The van der Waals surface area contributed by atoms with Crippen molar-refractivity contribution < 1.29 is 14.3 Å². The molecule has 0 atom stereocenters. The van der Waals surface area contributed by atoms with Crippen LogP contribution >= 0.6 is 11.6 Å². The van der Waals surface area contributed by atoms with E-state index in [1.54, 1.807) is 10.6 Å². The SMILES string of the molecule is O=C(Cn1c2c(c(-c3ccccc3Cl)cc1=O)CCC2)NCc1ccc2c(c1)OCO2. The second-order valence-electron chi connectivity index (χ2n) is 7.71. The lowest BCUT2D eigenvalue weighted by Gasteiger charge is -2.16. The number of hydrogen-bond acceptors (Lipinski definition) is 4. The molecule has 1 aliphatic carbocycles. The van der Waals surface area contributed by atoms with Crippen LogP contribution in [0.3, 0.4) is 0 Å². The molecule has 0 fully saturated rings. The summed E-state index contributed by atoms with van der Waals surface area (Å²) in [6.07, 6.45) is 2.60. The van der Waals surface area contributed by atoms with E-state index in [9.17, 15) is 9.59 Å². The average molecular weight is 437 g/mol. The van der Waals surface area contributed by atoms with Crippen LogP contribution in [0.15, 0.2) is 53.3 Å². The predicted molar refractivity (Wildman–Crippen MR) is 118 cm³/mol. The number of amides is 1. The van der Waals surface area contributed by atoms with E-state index in [-0.39, 0.29) is 24.8 Å². The van der Waals surface area contributed by atoms with Crippen LogP contribution in [0.1, 0.15) is 23.2 Å². The topological polar surface area (TPSA) is 69.6 Å². The van der Waals surface area contributed by atoms with Crippen LogP contribution in [0.5, 0.6) is 11.5 Å². The summed E-state index contributed by atoms with van der Waals surface area (Å²) in [6.45, 7) is 0.558. The third kappa shape index (κ3) is 3.79. The van der Waals surface area contributed by atoms with Crippen LogP contribution in [-0.4, -0.2) is 17.3 Å². The first-order valence-corrected chi connectivity index (χ1v) is 10.6. The van der Waals surface area contributed by atoms with Crippen molar-refractivity contribution in [2.75, 3.05) is 6.79 Å². The number of benzene rings is 2. The van der Waals surface area contributed by atoms with E-state index < -0.39 is 0 Å². The van der Waals surface area contributed by atoms with Gasteiger partial charge in [0.05, 0.1) is 0 Å². The van der Waals surface area contributed by atoms with E-state index in [0.29, 0.717) is 23.1 Å². The van der Waals surface area contributed by atoms with Gasteiger partial charge in [-0.05, 0) is 54.2 Å². The van der Waals surface area contributed by atoms with E-state index in [1.807, 2.05) is 42.5 Å². The van der Waals surface area contributed by atoms with Gasteiger partial charge in [0.2, 0.25) is 12.7 Å². The Morgan fingerprint density at radius 2 is 1.87 bits per heavy atom. The van der Waals surface area contributed by atoms with E-state index >= 15 is 0 Å². The van der Waals surface area contributed by atoms with Gasteiger partial charge in [-0.25, -0.2) is 0 Å². The van der Waals surface area contributed by atoms with Crippen LogP contribution in [0.4, 0.5) is 0 Å². The molecule has 1 N–H and O–H groups in total. The molecule has 0 saturated heterocycles. The number of nitrogens with one attached hydrogen (secondary N) is 1. The number of hydrogen-bond donors (Lipinski definition) is 1. The molecule has 2 aliphatic rings. The molecule has 158 valence electrons. The maximum atomic E-state index is 12.9. The van der Waals surface area contributed by atoms with Gasteiger partial charge in [0.15, 0.2) is 11.5 Å². The number of fused-ring (bicyclic) bond motifs is 2. The van der Waals surface area contributed by atoms with Gasteiger partial charge in [-0.1, -0.05) is 35.9 Å². The van der Waals surface area contributed by atoms with E-state index in [2.05, 4.69) is 5.32 Å². The Kier molecular flexibility index (Phi) is 5.16. The zero-order valence-corrected chi connectivity index (χ0v) is 17.6. The van der Waals surface area contributed by atoms with E-state index in [0.717, 1.165) is 47.2 Å². The van der Waals surface area contributed by atoms with Crippen LogP contribution in [0.2, 0.25) is 5.02 Å². The molecule has 5 rings (SSSR count). The Balaban J connectivity index is 1.36. The summed E-state index contributed by atoms with van der Waals surface area (Å²) < 4.78 is 12.3. The highest BCUT2D eigenvalue weighted by Crippen LogP contribution is 2.35. The van der Waals surface area contributed by atoms with Crippen LogP contribution < -0.4 is 20.3 Å². The van der Waals surface area contributed by atoms with Crippen molar-refractivity contribution in [2.24, 2.45) is 0 Å². The highest BCUT2D eigenvalue weighted by atomic mass is 35.5. The zero-order chi connectivity index (χ0) is 21.4. The number of carbonyl (C=O) groups is 1. The molecule has 6 nitrogen and oxygen atoms in total. The highest BCUT2D eigenvalue weighted by molar-refractivity contribution is 6.33. The Hall–Kier alpha value is -3.25. The lowest BCUT2D eigenvalue weighted by Crippen LogP contribution is -2.33. The molecule has 0 bridgehead atoms. The first-order valence-electron chi connectivity index (χ1n) is 10.3. The molecule has 0 unspecified atom stereocenters. The number of aromatic nitrogens is 1. The van der Waals surface area contributed by atoms with Gasteiger partial charge in [-0.15, -0.1) is 0 Å². The maximum absolute atomic E-state index is 12.9. The second-order valence-corrected chi connectivity index (χ2v) is 8.11. The lowest BCUT2D eigenvalue weighted by molar-refractivity contribution is -0.121. The fourth-order valence-corrected chi connectivity index (χ4v) is 4.52. The normalized spacial score (nSPS) is 13.8. The Morgan fingerprint density at radius 1 is 1.03 bits per heavy atom. The first kappa shape index (κ1) is 19.7. The number of nitrogens with zero attached hydrogens (tertiary/aromatic N) is 1. The Morgan fingerprint density at radius 3 is 2.74 bits per heavy atom. The molecule has 0 saturated carbocycles. The summed E-state index contributed by atoms with van der Waals surface area (Å²) in [5.41, 5.74) is 4.49. The third-order valence-corrected chi connectivity index (χ3v) is 6.10. The van der Waals surface area contributed by atoms with Gasteiger partial charge in [-0.2, -0.15) is 0 Å². The van der Waals surface area contributed by atoms with E-state index in [4.69, 9.17) is 21.1 Å². The number of carbonyl (C=O) groups excluding carboxylic acids is 1. The van der Waals surface area contributed by atoms with Crippen LogP contribution in [0, 0.1) is 0 Å². The molecule has 2 heterocycles. The summed E-state index contributed by atoms with van der Waals surface area (Å²) in [6, 6.07) is 14.7. The van der Waals surface area contributed by atoms with Gasteiger partial charge in [0.1, 0.15) is 6.54 Å². The largest absolute Gasteiger partial charge is 0.454 e. The molecule has 0 radical (unpaired) electrons. The fraction of sp³-hybridized carbons (Fsp3) is 0.250. The summed E-state index contributed by atoms with van der Waals surface area (Å²) in [4.78, 5) is 25.6. The summed E-state index contributed by atoms with van der Waals surface area (Å²) in [5, 5.41) is 3.52. The number of rotatable bonds is 5. The third-order valence-electron chi connectivity index (χ3n) is 5.77. The summed E-state index contributed by atoms with van der Waals surface area (Å²) in [7, 11) is 0. The predicted octanol–water partition coefficient (Wildman–Crippen LogP) is 3.70. The monoisotopic (exact) mass is 436 g/mol. The molecule has 1 aliphatic heterocycles. The maximum Gasteiger partial charge on any atom is 0.251 e. The Labute approximate surface area is 184 Å². The van der Waals surface area contributed by atoms with Gasteiger partial charge >= 0.3 is 0 Å². The molecule has 3 aromatic rings. The molecular formula is C24H21ClN2O4. The average Bonchev–Trinajstić information content (AvgIpc) is 3.44. The molecular weight excluding hydrogens is 416 g/mol. The minimum atomic E-state index is -0.209. The lowest BCUT2D eigenvalue weighted by atomic mass is 9.99. The van der Waals surface area contributed by atoms with Crippen molar-refractivity contribution >= 4 is 17.5 Å². The zero-order valence-electron chi connectivity index (χ0n) is 16.8. The fourth-order valence-electron chi connectivity index (χ4n) is 4.28. The van der Waals surface area contributed by atoms with Crippen molar-refractivity contribution in [3.05, 3.63) is 80.7 Å². The minimum absolute atomic E-state index is 0.00544. The van der Waals surface area contributed by atoms with Crippen molar-refractivity contribution in [1.29, 1.82) is 0 Å². The smallest absolute Gasteiger partial charge is 0.251 e. The molecule has 31 heavy (non-hydrogen) atoms. The Bertz CT molecular complexity index is 1230. The molecule has 1 amide bonds. The first-order chi connectivity index (χ1) is 15.1. The molecule has 7 heteroatoms. The van der Waals surface area contributed by atoms with Crippen molar-refractivity contribution in [1.82, 2.24) is 9.88 Å². The van der Waals surface area contributed by atoms with E-state index in [1.165, 1.54) is 0 Å². The van der Waals surface area contributed by atoms with Gasteiger partial charge < -0.3 is 19.4 Å². The molecule has 0 spiro atoms. The summed E-state index contributed by atoms with van der Waals surface area (Å²) >= 11 is 6.38. The van der Waals surface area contributed by atoms with Crippen LogP contribution in [-0.2, 0) is 30.7 Å². The standard InChI is InChI=1S/C24H21ClN2O4/c25-19-6-2-1-4-16(19)18-11-24(29)27(20-7-3-5-17(18)20)13-23(28)26-12-15-8-9-21-22(10-15)31-14-30-21/h1-2,4,6,8-11H,3,5,7,12-14H2,(H,26,28). The molecule has 1 aromatic heterocycles. The number of halogens is 1. The van der Waals surface area contributed by atoms with Crippen molar-refractivity contribution in [2.45, 2.75) is 32.4 Å². The van der Waals surface area contributed by atoms with Crippen LogP contribution in [0.25, 0.3) is 11.1 Å². The van der Waals surface area contributed by atoms with Gasteiger partial charge in [0, 0.05) is 28.9 Å². The highest BCUT2D eigenvalue weighted by Gasteiger charge is 2.23. The van der Waals surface area contributed by atoms with Crippen molar-refractivity contribution in [3.63, 3.8) is 0 Å². The number of pyridine rings is 1. The minimum Gasteiger partial charge on any atom is -0.454 e. The molecule has 2 aromatic carbocycles. The van der Waals surface area contributed by atoms with Gasteiger partial charge in [-0.3, -0.25) is 9.59 Å². The van der Waals surface area contributed by atoms with Crippen molar-refractivity contribution in [3.8, 4) is 22.6 Å². The quantitative estimate of drug-likeness (QED) is 0.662.